The number of nitrogens with one attached hydrogen (secondary N) is 2. The SMILES string of the molecule is O=C(Nc1ccc2c(c1)CNC2)c1nn(-c2ccc(F)cc2)ccc1=O. The largest absolute Gasteiger partial charge is 0.320 e. The van der Waals surface area contributed by atoms with Crippen LogP contribution in [0.4, 0.5) is 10.1 Å². The number of nitrogens with zero attached hydrogens (tertiary/aromatic N) is 2. The Morgan fingerprint density at radius 3 is 2.65 bits per heavy atom. The van der Waals surface area contributed by atoms with Crippen LogP contribution in [-0.4, -0.2) is 15.7 Å². The smallest absolute Gasteiger partial charge is 0.280 e. The van der Waals surface area contributed by atoms with Crippen LogP contribution in [0.2, 0.25) is 0 Å². The van der Waals surface area contributed by atoms with Crippen LogP contribution in [-0.2, 0) is 13.1 Å². The quantitative estimate of drug-likeness (QED) is 0.760. The third-order valence-electron chi connectivity index (χ3n) is 4.21. The first-order valence-corrected chi connectivity index (χ1v) is 8.10. The summed E-state index contributed by atoms with van der Waals surface area (Å²) < 4.78 is 14.4. The molecule has 0 radical (unpaired) electrons. The van der Waals surface area contributed by atoms with E-state index in [4.69, 9.17) is 0 Å². The second-order valence-corrected chi connectivity index (χ2v) is 5.99. The summed E-state index contributed by atoms with van der Waals surface area (Å²) in [5.41, 5.74) is 2.76. The molecule has 1 amide bonds. The molecule has 0 unspecified atom stereocenters. The summed E-state index contributed by atoms with van der Waals surface area (Å²) in [4.78, 5) is 24.6. The van der Waals surface area contributed by atoms with E-state index in [0.29, 0.717) is 11.4 Å². The zero-order valence-corrected chi connectivity index (χ0v) is 13.7. The number of benzene rings is 2. The summed E-state index contributed by atoms with van der Waals surface area (Å²) in [6, 6.07) is 12.5. The zero-order valence-electron chi connectivity index (χ0n) is 13.7. The van der Waals surface area contributed by atoms with Crippen molar-refractivity contribution in [2.24, 2.45) is 0 Å². The highest BCUT2D eigenvalue weighted by atomic mass is 19.1. The number of amides is 1. The zero-order chi connectivity index (χ0) is 18.1. The minimum absolute atomic E-state index is 0.226. The number of aromatic nitrogens is 2. The van der Waals surface area contributed by atoms with Gasteiger partial charge in [-0.15, -0.1) is 0 Å². The summed E-state index contributed by atoms with van der Waals surface area (Å²) in [6.07, 6.45) is 1.44. The van der Waals surface area contributed by atoms with E-state index in [1.807, 2.05) is 12.1 Å². The Bertz CT molecular complexity index is 1040. The van der Waals surface area contributed by atoms with Crippen molar-refractivity contribution < 1.29 is 9.18 Å². The minimum atomic E-state index is -0.586. The highest BCUT2D eigenvalue weighted by Crippen LogP contribution is 2.20. The maximum Gasteiger partial charge on any atom is 0.280 e. The molecule has 2 heterocycles. The molecule has 130 valence electrons. The van der Waals surface area contributed by atoms with Crippen molar-refractivity contribution in [3.8, 4) is 5.69 Å². The summed E-state index contributed by atoms with van der Waals surface area (Å²) in [5, 5.41) is 10.0. The Morgan fingerprint density at radius 1 is 1.08 bits per heavy atom. The molecular weight excluding hydrogens is 335 g/mol. The first-order valence-electron chi connectivity index (χ1n) is 8.10. The molecule has 2 N–H and O–H groups in total. The first kappa shape index (κ1) is 16.2. The minimum Gasteiger partial charge on any atom is -0.320 e. The van der Waals surface area contributed by atoms with Crippen molar-refractivity contribution in [2.45, 2.75) is 13.1 Å². The summed E-state index contributed by atoms with van der Waals surface area (Å²) in [5.74, 6) is -0.962. The van der Waals surface area contributed by atoms with Gasteiger partial charge in [0.05, 0.1) is 5.69 Å². The maximum atomic E-state index is 13.1. The number of hydrogen-bond donors (Lipinski definition) is 2. The Kier molecular flexibility index (Phi) is 4.06. The number of anilines is 1. The van der Waals surface area contributed by atoms with Crippen molar-refractivity contribution >= 4 is 11.6 Å². The molecule has 1 aromatic heterocycles. The van der Waals surface area contributed by atoms with Gasteiger partial charge in [0, 0.05) is 31.0 Å². The number of hydrogen-bond acceptors (Lipinski definition) is 4. The molecule has 2 aromatic carbocycles. The van der Waals surface area contributed by atoms with Gasteiger partial charge in [-0.2, -0.15) is 5.10 Å². The van der Waals surface area contributed by atoms with Crippen molar-refractivity contribution in [1.82, 2.24) is 15.1 Å². The van der Waals surface area contributed by atoms with Gasteiger partial charge in [-0.05, 0) is 47.5 Å². The van der Waals surface area contributed by atoms with Gasteiger partial charge in [-0.25, -0.2) is 9.07 Å². The molecule has 7 heteroatoms. The predicted molar refractivity (Wildman–Crippen MR) is 94.7 cm³/mol. The lowest BCUT2D eigenvalue weighted by Crippen LogP contribution is -2.25. The van der Waals surface area contributed by atoms with Gasteiger partial charge in [0.25, 0.3) is 5.91 Å². The molecule has 3 aromatic rings. The Labute approximate surface area is 148 Å². The molecule has 1 aliphatic rings. The van der Waals surface area contributed by atoms with Gasteiger partial charge < -0.3 is 10.6 Å². The van der Waals surface area contributed by atoms with Gasteiger partial charge in [-0.1, -0.05) is 6.07 Å². The topological polar surface area (TPSA) is 76.0 Å². The fourth-order valence-electron chi connectivity index (χ4n) is 2.87. The molecule has 0 bridgehead atoms. The third kappa shape index (κ3) is 3.12. The lowest BCUT2D eigenvalue weighted by atomic mass is 10.1. The molecule has 0 saturated heterocycles. The lowest BCUT2D eigenvalue weighted by Gasteiger charge is -2.09. The van der Waals surface area contributed by atoms with Crippen molar-refractivity contribution in [2.75, 3.05) is 5.32 Å². The van der Waals surface area contributed by atoms with Crippen LogP contribution in [0.5, 0.6) is 0 Å². The number of fused-ring (bicyclic) bond motifs is 1. The lowest BCUT2D eigenvalue weighted by molar-refractivity contribution is 0.101. The highest BCUT2D eigenvalue weighted by molar-refractivity contribution is 6.02. The van der Waals surface area contributed by atoms with Gasteiger partial charge in [0.2, 0.25) is 5.43 Å². The normalized spacial score (nSPS) is 12.7. The van der Waals surface area contributed by atoms with Crippen molar-refractivity contribution in [3.05, 3.63) is 87.6 Å². The Morgan fingerprint density at radius 2 is 1.85 bits per heavy atom. The number of rotatable bonds is 3. The monoisotopic (exact) mass is 350 g/mol. The van der Waals surface area contributed by atoms with E-state index in [0.717, 1.165) is 18.7 Å². The standard InChI is InChI=1S/C19H15FN4O2/c20-14-2-5-16(6-3-14)24-8-7-17(25)18(23-24)19(26)22-15-4-1-12-10-21-11-13(12)9-15/h1-9,21H,10-11H2,(H,22,26). The summed E-state index contributed by atoms with van der Waals surface area (Å²) in [6.45, 7) is 1.56. The Hall–Kier alpha value is -3.32. The molecule has 0 fully saturated rings. The molecule has 6 nitrogen and oxygen atoms in total. The van der Waals surface area contributed by atoms with E-state index in [1.165, 1.54) is 46.8 Å². The fraction of sp³-hybridized carbons (Fsp3) is 0.105. The van der Waals surface area contributed by atoms with Crippen LogP contribution in [0.1, 0.15) is 21.6 Å². The van der Waals surface area contributed by atoms with Crippen molar-refractivity contribution in [1.29, 1.82) is 0 Å². The molecule has 0 spiro atoms. The van der Waals surface area contributed by atoms with Gasteiger partial charge in [0.15, 0.2) is 5.69 Å². The Balaban J connectivity index is 1.62. The third-order valence-corrected chi connectivity index (χ3v) is 4.21. The van der Waals surface area contributed by atoms with Gasteiger partial charge in [-0.3, -0.25) is 9.59 Å². The average Bonchev–Trinajstić information content (AvgIpc) is 3.10. The molecule has 1 aliphatic heterocycles. The van der Waals surface area contributed by atoms with Crippen molar-refractivity contribution in [3.63, 3.8) is 0 Å². The number of carbonyl (C=O) groups excluding carboxylic acids is 1. The maximum absolute atomic E-state index is 13.1. The number of halogens is 1. The first-order chi connectivity index (χ1) is 12.6. The average molecular weight is 350 g/mol. The van der Waals surface area contributed by atoms with Crippen LogP contribution in [0.15, 0.2) is 59.5 Å². The van der Waals surface area contributed by atoms with E-state index in [9.17, 15) is 14.0 Å². The molecule has 0 atom stereocenters. The molecule has 0 aliphatic carbocycles. The van der Waals surface area contributed by atoms with E-state index >= 15 is 0 Å². The number of carbonyl (C=O) groups is 1. The second-order valence-electron chi connectivity index (χ2n) is 5.99. The van der Waals surface area contributed by atoms with Crippen LogP contribution >= 0.6 is 0 Å². The summed E-state index contributed by atoms with van der Waals surface area (Å²) >= 11 is 0. The van der Waals surface area contributed by atoms with Gasteiger partial charge in [0.1, 0.15) is 5.82 Å². The highest BCUT2D eigenvalue weighted by Gasteiger charge is 2.16. The summed E-state index contributed by atoms with van der Waals surface area (Å²) in [7, 11) is 0. The van der Waals surface area contributed by atoms with E-state index < -0.39 is 11.3 Å². The van der Waals surface area contributed by atoms with Crippen LogP contribution < -0.4 is 16.1 Å². The second kappa shape index (κ2) is 6.53. The molecule has 0 saturated carbocycles. The predicted octanol–water partition coefficient (Wildman–Crippen LogP) is 2.23. The molecule has 4 rings (SSSR count). The molecule has 26 heavy (non-hydrogen) atoms. The van der Waals surface area contributed by atoms with Crippen LogP contribution in [0.3, 0.4) is 0 Å². The fourth-order valence-corrected chi connectivity index (χ4v) is 2.87. The van der Waals surface area contributed by atoms with Crippen LogP contribution in [0.25, 0.3) is 5.69 Å². The van der Waals surface area contributed by atoms with E-state index in [1.54, 1.807) is 6.07 Å². The van der Waals surface area contributed by atoms with Crippen LogP contribution in [0, 0.1) is 5.82 Å². The van der Waals surface area contributed by atoms with E-state index in [2.05, 4.69) is 15.7 Å². The van der Waals surface area contributed by atoms with E-state index in [-0.39, 0.29) is 11.5 Å². The molecular formula is C19H15FN4O2. The van der Waals surface area contributed by atoms with Gasteiger partial charge >= 0.3 is 0 Å².